The van der Waals surface area contributed by atoms with Gasteiger partial charge < -0.3 is 20.9 Å². The SMILES string of the molecule is COc1cc(Br)c(Oc2ccc(N)c(N)n2)cc1Br. The number of hydrogen-bond acceptors (Lipinski definition) is 5. The summed E-state index contributed by atoms with van der Waals surface area (Å²) in [5, 5.41) is 0. The van der Waals surface area contributed by atoms with Crippen LogP contribution in [0.3, 0.4) is 0 Å². The Morgan fingerprint density at radius 3 is 2.32 bits per heavy atom. The highest BCUT2D eigenvalue weighted by Crippen LogP contribution is 2.38. The van der Waals surface area contributed by atoms with Gasteiger partial charge in [0.25, 0.3) is 0 Å². The number of nitrogens with two attached hydrogens (primary N) is 2. The Labute approximate surface area is 127 Å². The highest BCUT2D eigenvalue weighted by molar-refractivity contribution is 9.11. The lowest BCUT2D eigenvalue weighted by Gasteiger charge is -2.11. The van der Waals surface area contributed by atoms with Crippen molar-refractivity contribution in [3.8, 4) is 17.4 Å². The topological polar surface area (TPSA) is 83.4 Å². The third-order valence-electron chi connectivity index (χ3n) is 2.35. The Bertz CT molecular complexity index is 620. The number of rotatable bonds is 3. The number of hydrogen-bond donors (Lipinski definition) is 2. The van der Waals surface area contributed by atoms with Gasteiger partial charge in [0.15, 0.2) is 5.82 Å². The zero-order valence-corrected chi connectivity index (χ0v) is 13.2. The van der Waals surface area contributed by atoms with E-state index in [0.717, 1.165) is 8.95 Å². The number of ether oxygens (including phenoxy) is 2. The summed E-state index contributed by atoms with van der Waals surface area (Å²) in [5.41, 5.74) is 11.6. The van der Waals surface area contributed by atoms with Gasteiger partial charge in [-0.2, -0.15) is 4.98 Å². The molecule has 19 heavy (non-hydrogen) atoms. The molecule has 0 saturated carbocycles. The van der Waals surface area contributed by atoms with Crippen molar-refractivity contribution in [2.75, 3.05) is 18.6 Å². The first-order chi connectivity index (χ1) is 9.01. The maximum atomic E-state index is 5.65. The van der Waals surface area contributed by atoms with Crippen LogP contribution in [0.1, 0.15) is 0 Å². The van der Waals surface area contributed by atoms with E-state index in [2.05, 4.69) is 36.8 Å². The Kier molecular flexibility index (Phi) is 4.16. The van der Waals surface area contributed by atoms with Crippen molar-refractivity contribution in [2.24, 2.45) is 0 Å². The fourth-order valence-electron chi connectivity index (χ4n) is 1.38. The van der Waals surface area contributed by atoms with Gasteiger partial charge in [-0.1, -0.05) is 0 Å². The number of halogens is 2. The van der Waals surface area contributed by atoms with E-state index in [9.17, 15) is 0 Å². The maximum Gasteiger partial charge on any atom is 0.221 e. The number of benzene rings is 1. The molecule has 1 aromatic carbocycles. The van der Waals surface area contributed by atoms with Gasteiger partial charge in [-0.05, 0) is 50.1 Å². The first kappa shape index (κ1) is 14.0. The molecule has 0 saturated heterocycles. The molecule has 0 amide bonds. The molecule has 2 rings (SSSR count). The fourth-order valence-corrected chi connectivity index (χ4v) is 2.27. The van der Waals surface area contributed by atoms with E-state index in [0.29, 0.717) is 23.1 Å². The molecule has 0 aliphatic carbocycles. The summed E-state index contributed by atoms with van der Waals surface area (Å²) in [5.74, 6) is 1.89. The molecule has 0 atom stereocenters. The number of pyridine rings is 1. The first-order valence-electron chi connectivity index (χ1n) is 5.24. The number of methoxy groups -OCH3 is 1. The van der Waals surface area contributed by atoms with Crippen LogP contribution in [0.25, 0.3) is 0 Å². The lowest BCUT2D eigenvalue weighted by Crippen LogP contribution is -1.99. The van der Waals surface area contributed by atoms with E-state index in [4.69, 9.17) is 20.9 Å². The van der Waals surface area contributed by atoms with Gasteiger partial charge >= 0.3 is 0 Å². The van der Waals surface area contributed by atoms with Gasteiger partial charge in [0, 0.05) is 6.07 Å². The van der Waals surface area contributed by atoms with Crippen molar-refractivity contribution in [1.82, 2.24) is 4.98 Å². The van der Waals surface area contributed by atoms with Crippen LogP contribution in [0.2, 0.25) is 0 Å². The largest absolute Gasteiger partial charge is 0.496 e. The molecule has 0 fully saturated rings. The second kappa shape index (κ2) is 5.66. The Hall–Kier alpha value is -1.47. The number of aromatic nitrogens is 1. The molecular weight excluding hydrogens is 378 g/mol. The second-order valence-corrected chi connectivity index (χ2v) is 5.35. The molecule has 0 spiro atoms. The van der Waals surface area contributed by atoms with Gasteiger partial charge in [0.05, 0.1) is 21.7 Å². The van der Waals surface area contributed by atoms with Crippen LogP contribution in [-0.4, -0.2) is 12.1 Å². The van der Waals surface area contributed by atoms with Crippen molar-refractivity contribution in [2.45, 2.75) is 0 Å². The minimum absolute atomic E-state index is 0.237. The summed E-state index contributed by atoms with van der Waals surface area (Å²) >= 11 is 6.79. The van der Waals surface area contributed by atoms with E-state index in [1.807, 2.05) is 0 Å². The van der Waals surface area contributed by atoms with Gasteiger partial charge in [0.2, 0.25) is 5.88 Å². The summed E-state index contributed by atoms with van der Waals surface area (Å²) in [7, 11) is 1.59. The van der Waals surface area contributed by atoms with Crippen LogP contribution < -0.4 is 20.9 Å². The van der Waals surface area contributed by atoms with Gasteiger partial charge in [-0.15, -0.1) is 0 Å². The molecule has 4 N–H and O–H groups in total. The zero-order chi connectivity index (χ0) is 14.0. The van der Waals surface area contributed by atoms with Crippen molar-refractivity contribution < 1.29 is 9.47 Å². The molecule has 1 aromatic heterocycles. The monoisotopic (exact) mass is 387 g/mol. The number of nitrogens with zero attached hydrogens (tertiary/aromatic N) is 1. The van der Waals surface area contributed by atoms with Crippen LogP contribution in [0.5, 0.6) is 17.4 Å². The quantitative estimate of drug-likeness (QED) is 0.839. The highest BCUT2D eigenvalue weighted by atomic mass is 79.9. The molecular formula is C12H11Br2N3O2. The van der Waals surface area contributed by atoms with E-state index < -0.39 is 0 Å². The Morgan fingerprint density at radius 2 is 1.68 bits per heavy atom. The van der Waals surface area contributed by atoms with Crippen LogP contribution in [-0.2, 0) is 0 Å². The summed E-state index contributed by atoms with van der Waals surface area (Å²) in [4.78, 5) is 4.04. The minimum Gasteiger partial charge on any atom is -0.496 e. The highest BCUT2D eigenvalue weighted by Gasteiger charge is 2.10. The van der Waals surface area contributed by atoms with Crippen LogP contribution in [0.15, 0.2) is 33.2 Å². The molecule has 100 valence electrons. The number of nitrogen functional groups attached to an aromatic ring is 2. The molecule has 0 radical (unpaired) electrons. The molecule has 7 heteroatoms. The molecule has 0 bridgehead atoms. The predicted octanol–water partition coefficient (Wildman–Crippen LogP) is 3.57. The predicted molar refractivity (Wildman–Crippen MR) is 81.5 cm³/mol. The van der Waals surface area contributed by atoms with E-state index in [1.54, 1.807) is 31.4 Å². The van der Waals surface area contributed by atoms with E-state index >= 15 is 0 Å². The smallest absolute Gasteiger partial charge is 0.221 e. The third-order valence-corrected chi connectivity index (χ3v) is 3.59. The normalized spacial score (nSPS) is 10.3. The van der Waals surface area contributed by atoms with Crippen LogP contribution >= 0.6 is 31.9 Å². The molecule has 0 aliphatic rings. The lowest BCUT2D eigenvalue weighted by molar-refractivity contribution is 0.408. The van der Waals surface area contributed by atoms with Gasteiger partial charge in [0.1, 0.15) is 11.5 Å². The first-order valence-corrected chi connectivity index (χ1v) is 6.82. The van der Waals surface area contributed by atoms with Crippen LogP contribution in [0.4, 0.5) is 11.5 Å². The molecule has 2 aromatic rings. The fraction of sp³-hybridized carbons (Fsp3) is 0.0833. The average Bonchev–Trinajstić information content (AvgIpc) is 2.38. The minimum atomic E-state index is 0.237. The van der Waals surface area contributed by atoms with Crippen molar-refractivity contribution in [3.05, 3.63) is 33.2 Å². The maximum absolute atomic E-state index is 5.65. The molecule has 5 nitrogen and oxygen atoms in total. The molecule has 0 unspecified atom stereocenters. The zero-order valence-electron chi connectivity index (χ0n) is 9.98. The molecule has 1 heterocycles. The summed E-state index contributed by atoms with van der Waals surface area (Å²) in [6.45, 7) is 0. The Balaban J connectivity index is 2.32. The average molecular weight is 389 g/mol. The summed E-state index contributed by atoms with van der Waals surface area (Å²) < 4.78 is 12.3. The Morgan fingerprint density at radius 1 is 1.05 bits per heavy atom. The van der Waals surface area contributed by atoms with Crippen molar-refractivity contribution in [1.29, 1.82) is 0 Å². The summed E-state index contributed by atoms with van der Waals surface area (Å²) in [6, 6.07) is 6.86. The van der Waals surface area contributed by atoms with E-state index in [-0.39, 0.29) is 5.82 Å². The standard InChI is InChI=1S/C12H11Br2N3O2/c1-18-9-4-7(14)10(5-6(9)13)19-11-3-2-8(15)12(16)17-11/h2-5H,15H2,1H3,(H2,16,17). The van der Waals surface area contributed by atoms with Gasteiger partial charge in [-0.25, -0.2) is 0 Å². The van der Waals surface area contributed by atoms with E-state index in [1.165, 1.54) is 0 Å². The summed E-state index contributed by atoms with van der Waals surface area (Å²) in [6.07, 6.45) is 0. The van der Waals surface area contributed by atoms with Crippen molar-refractivity contribution >= 4 is 43.4 Å². The second-order valence-electron chi connectivity index (χ2n) is 3.64. The van der Waals surface area contributed by atoms with Gasteiger partial charge in [-0.3, -0.25) is 0 Å². The molecule has 0 aliphatic heterocycles. The third kappa shape index (κ3) is 3.10. The number of anilines is 2. The lowest BCUT2D eigenvalue weighted by atomic mass is 10.3. The van der Waals surface area contributed by atoms with Crippen molar-refractivity contribution in [3.63, 3.8) is 0 Å². The van der Waals surface area contributed by atoms with Crippen LogP contribution in [0, 0.1) is 0 Å².